The van der Waals surface area contributed by atoms with Crippen LogP contribution in [0.25, 0.3) is 0 Å². The van der Waals surface area contributed by atoms with E-state index in [1.165, 1.54) is 0 Å². The van der Waals surface area contributed by atoms with Gasteiger partial charge in [0.25, 0.3) is 0 Å². The summed E-state index contributed by atoms with van der Waals surface area (Å²) in [5, 5.41) is 2.72. The molecule has 0 fully saturated rings. The molecular formula is C15H30N2O3. The van der Waals surface area contributed by atoms with E-state index in [9.17, 15) is 9.59 Å². The van der Waals surface area contributed by atoms with Gasteiger partial charge >= 0.3 is 6.09 Å². The molecule has 5 heteroatoms. The summed E-state index contributed by atoms with van der Waals surface area (Å²) in [6.07, 6.45) is 0.388. The van der Waals surface area contributed by atoms with Gasteiger partial charge in [-0.1, -0.05) is 13.8 Å². The fraction of sp³-hybridized carbons (Fsp3) is 0.867. The van der Waals surface area contributed by atoms with E-state index in [1.807, 2.05) is 46.6 Å². The standard InChI is InChI=1S/C15H30N2O3/c1-11(2)13(12(3)18)17(7)10-8-9-16-14(19)20-15(4,5)6/h11,13H,8-10H2,1-7H3,(H,16,19)/t13-/m0/s1. The van der Waals surface area contributed by atoms with Crippen LogP contribution >= 0.6 is 0 Å². The Morgan fingerprint density at radius 1 is 1.25 bits per heavy atom. The smallest absolute Gasteiger partial charge is 0.407 e. The quantitative estimate of drug-likeness (QED) is 0.730. The number of nitrogens with zero attached hydrogens (tertiary/aromatic N) is 1. The topological polar surface area (TPSA) is 58.6 Å². The fourth-order valence-corrected chi connectivity index (χ4v) is 2.26. The van der Waals surface area contributed by atoms with Crippen molar-refractivity contribution in [2.45, 2.75) is 59.6 Å². The van der Waals surface area contributed by atoms with E-state index in [-0.39, 0.29) is 17.7 Å². The molecule has 1 N–H and O–H groups in total. The third-order valence-corrected chi connectivity index (χ3v) is 2.88. The number of carbonyl (C=O) groups excluding carboxylic acids is 2. The van der Waals surface area contributed by atoms with E-state index in [2.05, 4.69) is 5.32 Å². The predicted molar refractivity (Wildman–Crippen MR) is 80.8 cm³/mol. The Hall–Kier alpha value is -1.10. The number of nitrogens with one attached hydrogen (secondary N) is 1. The lowest BCUT2D eigenvalue weighted by Gasteiger charge is -2.29. The average Bonchev–Trinajstić information content (AvgIpc) is 2.20. The van der Waals surface area contributed by atoms with Gasteiger partial charge in [0.1, 0.15) is 11.4 Å². The average molecular weight is 286 g/mol. The first-order chi connectivity index (χ1) is 9.04. The number of likely N-dealkylation sites (N-methyl/N-ethyl adjacent to an activating group) is 1. The molecule has 0 unspecified atom stereocenters. The predicted octanol–water partition coefficient (Wildman–Crippen LogP) is 2.45. The van der Waals surface area contributed by atoms with Crippen molar-refractivity contribution in [2.24, 2.45) is 5.92 Å². The van der Waals surface area contributed by atoms with Gasteiger partial charge < -0.3 is 10.1 Å². The summed E-state index contributed by atoms with van der Waals surface area (Å²) in [7, 11) is 1.94. The minimum absolute atomic E-state index is 0.0588. The third-order valence-electron chi connectivity index (χ3n) is 2.88. The first-order valence-corrected chi connectivity index (χ1v) is 7.22. The molecule has 20 heavy (non-hydrogen) atoms. The van der Waals surface area contributed by atoms with E-state index >= 15 is 0 Å². The highest BCUT2D eigenvalue weighted by atomic mass is 16.6. The molecule has 0 aromatic rings. The van der Waals surface area contributed by atoms with Gasteiger partial charge in [-0.15, -0.1) is 0 Å². The van der Waals surface area contributed by atoms with Crippen LogP contribution in [0.1, 0.15) is 48.0 Å². The fourth-order valence-electron chi connectivity index (χ4n) is 2.26. The van der Waals surface area contributed by atoms with Crippen LogP contribution in [0.15, 0.2) is 0 Å². The zero-order valence-electron chi connectivity index (χ0n) is 13.9. The number of hydrogen-bond donors (Lipinski definition) is 1. The van der Waals surface area contributed by atoms with Gasteiger partial charge in [-0.2, -0.15) is 0 Å². The van der Waals surface area contributed by atoms with Crippen molar-refractivity contribution >= 4 is 11.9 Å². The zero-order valence-corrected chi connectivity index (χ0v) is 13.9. The van der Waals surface area contributed by atoms with E-state index in [1.54, 1.807) is 6.92 Å². The second-order valence-electron chi connectivity index (χ2n) is 6.56. The number of rotatable bonds is 7. The van der Waals surface area contributed by atoms with Crippen LogP contribution < -0.4 is 5.32 Å². The minimum atomic E-state index is -0.474. The second-order valence-corrected chi connectivity index (χ2v) is 6.56. The molecule has 0 aliphatic heterocycles. The summed E-state index contributed by atoms with van der Waals surface area (Å²) in [4.78, 5) is 25.1. The van der Waals surface area contributed by atoms with Crippen molar-refractivity contribution in [1.29, 1.82) is 0 Å². The zero-order chi connectivity index (χ0) is 15.9. The molecule has 0 saturated carbocycles. The van der Waals surface area contributed by atoms with E-state index < -0.39 is 11.7 Å². The Kier molecular flexibility index (Phi) is 7.79. The first-order valence-electron chi connectivity index (χ1n) is 7.22. The van der Waals surface area contributed by atoms with Gasteiger partial charge in [0.2, 0.25) is 0 Å². The van der Waals surface area contributed by atoms with Crippen molar-refractivity contribution in [3.05, 3.63) is 0 Å². The normalized spacial score (nSPS) is 13.4. The maximum atomic E-state index is 11.6. The molecule has 0 aliphatic rings. The lowest BCUT2D eigenvalue weighted by atomic mass is 9.99. The van der Waals surface area contributed by atoms with Crippen LogP contribution in [0.4, 0.5) is 4.79 Å². The molecule has 0 spiro atoms. The summed E-state index contributed by atoms with van der Waals surface area (Å²) in [5.74, 6) is 0.471. The molecule has 1 atom stereocenters. The van der Waals surface area contributed by atoms with Crippen molar-refractivity contribution in [3.63, 3.8) is 0 Å². The third kappa shape index (κ3) is 8.15. The molecule has 1 amide bonds. The number of hydrogen-bond acceptors (Lipinski definition) is 4. The van der Waals surface area contributed by atoms with Gasteiger partial charge in [-0.25, -0.2) is 4.79 Å². The molecule has 0 aromatic carbocycles. The van der Waals surface area contributed by atoms with Gasteiger partial charge in [0.15, 0.2) is 0 Å². The van der Waals surface area contributed by atoms with Crippen LogP contribution in [0, 0.1) is 5.92 Å². The number of amides is 1. The van der Waals surface area contributed by atoms with Gasteiger partial charge in [-0.3, -0.25) is 9.69 Å². The van der Waals surface area contributed by atoms with E-state index in [0.717, 1.165) is 13.0 Å². The SMILES string of the molecule is CC(=O)[C@H](C(C)C)N(C)CCCNC(=O)OC(C)(C)C. The maximum Gasteiger partial charge on any atom is 0.407 e. The number of Topliss-reactive ketones (excluding diaryl/α,β-unsaturated/α-hetero) is 1. The van der Waals surface area contributed by atoms with Crippen LogP contribution in [0.3, 0.4) is 0 Å². The van der Waals surface area contributed by atoms with E-state index in [4.69, 9.17) is 4.74 Å². The minimum Gasteiger partial charge on any atom is -0.444 e. The Bertz CT molecular complexity index is 322. The number of ketones is 1. The maximum absolute atomic E-state index is 11.6. The van der Waals surface area contributed by atoms with Gasteiger partial charge in [-0.05, 0) is 47.1 Å². The highest BCUT2D eigenvalue weighted by Crippen LogP contribution is 2.10. The molecule has 0 heterocycles. The van der Waals surface area contributed by atoms with Crippen molar-refractivity contribution in [2.75, 3.05) is 20.1 Å². The first kappa shape index (κ1) is 18.9. The van der Waals surface area contributed by atoms with Crippen molar-refractivity contribution in [3.8, 4) is 0 Å². The summed E-state index contributed by atoms with van der Waals surface area (Å²) < 4.78 is 5.15. The molecule has 0 aromatic heterocycles. The Morgan fingerprint density at radius 2 is 1.80 bits per heavy atom. The molecule has 5 nitrogen and oxygen atoms in total. The number of carbonyl (C=O) groups is 2. The highest BCUT2D eigenvalue weighted by Gasteiger charge is 2.22. The van der Waals surface area contributed by atoms with Crippen LogP contribution in [-0.4, -0.2) is 48.6 Å². The summed E-state index contributed by atoms with van der Waals surface area (Å²) in [6.45, 7) is 12.5. The number of alkyl carbamates (subject to hydrolysis) is 1. The van der Waals surface area contributed by atoms with Gasteiger partial charge in [0.05, 0.1) is 6.04 Å². The monoisotopic (exact) mass is 286 g/mol. The Morgan fingerprint density at radius 3 is 2.20 bits per heavy atom. The van der Waals surface area contributed by atoms with Crippen LogP contribution in [0.5, 0.6) is 0 Å². The summed E-state index contributed by atoms with van der Waals surface area (Å²) in [6, 6.07) is -0.0588. The van der Waals surface area contributed by atoms with Crippen LogP contribution in [0.2, 0.25) is 0 Å². The lowest BCUT2D eigenvalue weighted by Crippen LogP contribution is -2.42. The van der Waals surface area contributed by atoms with Crippen molar-refractivity contribution in [1.82, 2.24) is 10.2 Å². The largest absolute Gasteiger partial charge is 0.444 e. The lowest BCUT2D eigenvalue weighted by molar-refractivity contribution is -0.123. The molecular weight excluding hydrogens is 256 g/mol. The number of ether oxygens (including phenoxy) is 1. The van der Waals surface area contributed by atoms with E-state index in [0.29, 0.717) is 6.54 Å². The highest BCUT2D eigenvalue weighted by molar-refractivity contribution is 5.81. The summed E-state index contributed by atoms with van der Waals surface area (Å²) >= 11 is 0. The van der Waals surface area contributed by atoms with Crippen LogP contribution in [-0.2, 0) is 9.53 Å². The molecule has 0 aliphatic carbocycles. The molecule has 0 saturated heterocycles. The van der Waals surface area contributed by atoms with Gasteiger partial charge in [0, 0.05) is 13.1 Å². The molecule has 0 radical (unpaired) electrons. The molecule has 0 bridgehead atoms. The Balaban J connectivity index is 4.00. The second kappa shape index (κ2) is 8.25. The van der Waals surface area contributed by atoms with Crippen molar-refractivity contribution < 1.29 is 14.3 Å². The summed E-state index contributed by atoms with van der Waals surface area (Å²) in [5.41, 5.74) is -0.474. The molecule has 0 rings (SSSR count). The molecule has 118 valence electrons. The Labute approximate surface area is 123 Å².